The van der Waals surface area contributed by atoms with Crippen LogP contribution >= 0.6 is 0 Å². The van der Waals surface area contributed by atoms with Crippen molar-refractivity contribution in [3.63, 3.8) is 0 Å². The maximum absolute atomic E-state index is 12.4. The van der Waals surface area contributed by atoms with Crippen LogP contribution in [0.4, 0.5) is 0 Å². The van der Waals surface area contributed by atoms with Gasteiger partial charge in [-0.15, -0.1) is 0 Å². The lowest BCUT2D eigenvalue weighted by molar-refractivity contribution is -0.131. The van der Waals surface area contributed by atoms with E-state index in [9.17, 15) is 4.79 Å². The van der Waals surface area contributed by atoms with Crippen molar-refractivity contribution in [2.75, 3.05) is 7.05 Å². The first-order valence-corrected chi connectivity index (χ1v) is 8.10. The van der Waals surface area contributed by atoms with Crippen LogP contribution in [0.3, 0.4) is 0 Å². The van der Waals surface area contributed by atoms with E-state index in [0.717, 1.165) is 11.1 Å². The summed E-state index contributed by atoms with van der Waals surface area (Å²) in [4.78, 5) is 14.1. The average molecular weight is 310 g/mol. The summed E-state index contributed by atoms with van der Waals surface area (Å²) in [5.74, 6) is 0.490. The molecule has 3 heteroatoms. The third-order valence-electron chi connectivity index (χ3n) is 4.06. The molecule has 2 aromatic carbocycles. The Hall–Kier alpha value is -2.13. The minimum Gasteiger partial charge on any atom is -0.340 e. The van der Waals surface area contributed by atoms with Crippen molar-refractivity contribution in [2.45, 2.75) is 38.8 Å². The summed E-state index contributed by atoms with van der Waals surface area (Å²) in [7, 11) is 1.81. The zero-order chi connectivity index (χ0) is 16.8. The normalized spacial score (nSPS) is 12.2. The van der Waals surface area contributed by atoms with Crippen LogP contribution < -0.4 is 5.73 Å². The molecule has 0 heterocycles. The summed E-state index contributed by atoms with van der Waals surface area (Å²) in [5, 5.41) is 0. The van der Waals surface area contributed by atoms with Crippen LogP contribution in [-0.2, 0) is 17.8 Å². The Morgan fingerprint density at radius 1 is 1.00 bits per heavy atom. The van der Waals surface area contributed by atoms with E-state index in [0.29, 0.717) is 18.9 Å². The predicted molar refractivity (Wildman–Crippen MR) is 95.1 cm³/mol. The standard InChI is InChI=1S/C20H26N2O/c1-15(2)18-11-9-17(10-12-18)14-22(3)20(23)19(21)13-16-7-5-4-6-8-16/h4-12,15,19H,13-14,21H2,1-3H3/t19-/m0/s1. The summed E-state index contributed by atoms with van der Waals surface area (Å²) >= 11 is 0. The van der Waals surface area contributed by atoms with Gasteiger partial charge in [0.1, 0.15) is 0 Å². The monoisotopic (exact) mass is 310 g/mol. The molecule has 0 bridgehead atoms. The molecule has 1 amide bonds. The van der Waals surface area contributed by atoms with Crippen LogP contribution in [-0.4, -0.2) is 23.9 Å². The summed E-state index contributed by atoms with van der Waals surface area (Å²) in [5.41, 5.74) is 9.59. The number of rotatable bonds is 6. The van der Waals surface area contributed by atoms with Crippen molar-refractivity contribution in [3.8, 4) is 0 Å². The molecular weight excluding hydrogens is 284 g/mol. The van der Waals surface area contributed by atoms with E-state index in [-0.39, 0.29) is 5.91 Å². The maximum Gasteiger partial charge on any atom is 0.239 e. The third kappa shape index (κ3) is 4.93. The molecule has 0 aliphatic heterocycles. The van der Waals surface area contributed by atoms with Crippen LogP contribution in [0, 0.1) is 0 Å². The second-order valence-electron chi connectivity index (χ2n) is 6.39. The zero-order valence-corrected chi connectivity index (χ0v) is 14.2. The number of hydrogen-bond acceptors (Lipinski definition) is 2. The van der Waals surface area contributed by atoms with Gasteiger partial charge in [-0.3, -0.25) is 4.79 Å². The molecule has 3 nitrogen and oxygen atoms in total. The number of carbonyl (C=O) groups is 1. The third-order valence-corrected chi connectivity index (χ3v) is 4.06. The number of likely N-dealkylation sites (N-methyl/N-ethyl adjacent to an activating group) is 1. The van der Waals surface area contributed by atoms with Gasteiger partial charge in [0, 0.05) is 13.6 Å². The molecule has 2 N–H and O–H groups in total. The molecule has 0 aliphatic carbocycles. The molecule has 0 saturated carbocycles. The highest BCUT2D eigenvalue weighted by molar-refractivity contribution is 5.81. The summed E-state index contributed by atoms with van der Waals surface area (Å²) in [6.07, 6.45) is 0.566. The smallest absolute Gasteiger partial charge is 0.239 e. The van der Waals surface area contributed by atoms with Crippen molar-refractivity contribution in [2.24, 2.45) is 5.73 Å². The zero-order valence-electron chi connectivity index (χ0n) is 14.2. The number of hydrogen-bond donors (Lipinski definition) is 1. The topological polar surface area (TPSA) is 46.3 Å². The van der Waals surface area contributed by atoms with E-state index in [2.05, 4.69) is 38.1 Å². The van der Waals surface area contributed by atoms with Crippen LogP contribution in [0.5, 0.6) is 0 Å². The highest BCUT2D eigenvalue weighted by Crippen LogP contribution is 2.15. The minimum absolute atomic E-state index is 0.0261. The van der Waals surface area contributed by atoms with Gasteiger partial charge in [-0.1, -0.05) is 68.4 Å². The molecule has 2 aromatic rings. The van der Waals surface area contributed by atoms with Crippen LogP contribution in [0.1, 0.15) is 36.5 Å². The molecule has 0 aromatic heterocycles. The minimum atomic E-state index is -0.502. The Balaban J connectivity index is 1.93. The molecule has 0 unspecified atom stereocenters. The van der Waals surface area contributed by atoms with E-state index in [1.54, 1.807) is 4.90 Å². The fourth-order valence-corrected chi connectivity index (χ4v) is 2.60. The molecular formula is C20H26N2O. The molecule has 0 saturated heterocycles. The van der Waals surface area contributed by atoms with Crippen LogP contribution in [0.25, 0.3) is 0 Å². The molecule has 0 spiro atoms. The van der Waals surface area contributed by atoms with Crippen molar-refractivity contribution < 1.29 is 4.79 Å². The Labute approximate surface area is 139 Å². The quantitative estimate of drug-likeness (QED) is 0.889. The first kappa shape index (κ1) is 17.2. The van der Waals surface area contributed by atoms with Gasteiger partial charge in [-0.2, -0.15) is 0 Å². The number of amides is 1. The van der Waals surface area contributed by atoms with Crippen molar-refractivity contribution in [1.29, 1.82) is 0 Å². The van der Waals surface area contributed by atoms with E-state index < -0.39 is 6.04 Å². The van der Waals surface area contributed by atoms with E-state index in [1.807, 2.05) is 37.4 Å². The molecule has 23 heavy (non-hydrogen) atoms. The SMILES string of the molecule is CC(C)c1ccc(CN(C)C(=O)[C@@H](N)Cc2ccccc2)cc1. The molecule has 0 radical (unpaired) electrons. The van der Waals surface area contributed by atoms with Gasteiger partial charge in [0.25, 0.3) is 0 Å². The van der Waals surface area contributed by atoms with Crippen molar-refractivity contribution in [3.05, 3.63) is 71.3 Å². The lowest BCUT2D eigenvalue weighted by Crippen LogP contribution is -2.42. The lowest BCUT2D eigenvalue weighted by atomic mass is 10.0. The number of benzene rings is 2. The first-order chi connectivity index (χ1) is 11.0. The van der Waals surface area contributed by atoms with Gasteiger partial charge in [-0.25, -0.2) is 0 Å². The summed E-state index contributed by atoms with van der Waals surface area (Å²) < 4.78 is 0. The Bertz CT molecular complexity index is 620. The fourth-order valence-electron chi connectivity index (χ4n) is 2.60. The van der Waals surface area contributed by atoms with E-state index in [4.69, 9.17) is 5.73 Å². The van der Waals surface area contributed by atoms with E-state index >= 15 is 0 Å². The van der Waals surface area contributed by atoms with Gasteiger partial charge >= 0.3 is 0 Å². The highest BCUT2D eigenvalue weighted by atomic mass is 16.2. The molecule has 0 aliphatic rings. The van der Waals surface area contributed by atoms with E-state index in [1.165, 1.54) is 5.56 Å². The van der Waals surface area contributed by atoms with Gasteiger partial charge < -0.3 is 10.6 Å². The lowest BCUT2D eigenvalue weighted by Gasteiger charge is -2.22. The van der Waals surface area contributed by atoms with Crippen molar-refractivity contribution in [1.82, 2.24) is 4.90 Å². The molecule has 2 rings (SSSR count). The number of carbonyl (C=O) groups excluding carboxylic acids is 1. The second kappa shape index (κ2) is 7.93. The predicted octanol–water partition coefficient (Wildman–Crippen LogP) is 3.34. The van der Waals surface area contributed by atoms with Gasteiger partial charge in [0.15, 0.2) is 0 Å². The molecule has 0 fully saturated rings. The average Bonchev–Trinajstić information content (AvgIpc) is 2.55. The fraction of sp³-hybridized carbons (Fsp3) is 0.350. The molecule has 122 valence electrons. The van der Waals surface area contributed by atoms with Crippen molar-refractivity contribution >= 4 is 5.91 Å². The summed E-state index contributed by atoms with van der Waals surface area (Å²) in [6.45, 7) is 4.93. The first-order valence-electron chi connectivity index (χ1n) is 8.10. The van der Waals surface area contributed by atoms with Crippen LogP contribution in [0.2, 0.25) is 0 Å². The number of nitrogens with zero attached hydrogens (tertiary/aromatic N) is 1. The maximum atomic E-state index is 12.4. The second-order valence-corrected chi connectivity index (χ2v) is 6.39. The van der Waals surface area contributed by atoms with Crippen LogP contribution in [0.15, 0.2) is 54.6 Å². The highest BCUT2D eigenvalue weighted by Gasteiger charge is 2.18. The number of nitrogens with two attached hydrogens (primary N) is 1. The Morgan fingerprint density at radius 2 is 1.61 bits per heavy atom. The van der Waals surface area contributed by atoms with Gasteiger partial charge in [-0.05, 0) is 29.0 Å². The van der Waals surface area contributed by atoms with Gasteiger partial charge in [0.05, 0.1) is 6.04 Å². The summed E-state index contributed by atoms with van der Waals surface area (Å²) in [6, 6.07) is 17.8. The Kier molecular flexibility index (Phi) is 5.94. The molecule has 1 atom stereocenters. The Morgan fingerprint density at radius 3 is 2.17 bits per heavy atom. The largest absolute Gasteiger partial charge is 0.340 e. The van der Waals surface area contributed by atoms with Gasteiger partial charge in [0.2, 0.25) is 5.91 Å².